The SMILES string of the molecule is O=C(NCc1cccs1)c1nccc(Nc2ccncn2)n1. The van der Waals surface area contributed by atoms with Crippen LogP contribution in [0.1, 0.15) is 15.5 Å². The Morgan fingerprint density at radius 1 is 1.14 bits per heavy atom. The highest BCUT2D eigenvalue weighted by Gasteiger charge is 2.10. The lowest BCUT2D eigenvalue weighted by Gasteiger charge is -2.06. The largest absolute Gasteiger partial charge is 0.344 e. The minimum atomic E-state index is -0.320. The topological polar surface area (TPSA) is 92.7 Å². The van der Waals surface area contributed by atoms with Crippen molar-refractivity contribution in [3.63, 3.8) is 0 Å². The molecule has 0 aliphatic carbocycles. The molecule has 0 saturated carbocycles. The molecular weight excluding hydrogens is 300 g/mol. The van der Waals surface area contributed by atoms with Gasteiger partial charge in [0.25, 0.3) is 5.91 Å². The molecule has 22 heavy (non-hydrogen) atoms. The first-order valence-electron chi connectivity index (χ1n) is 6.48. The van der Waals surface area contributed by atoms with E-state index in [2.05, 4.69) is 30.6 Å². The lowest BCUT2D eigenvalue weighted by atomic mass is 10.4. The van der Waals surface area contributed by atoms with Crippen LogP contribution in [0.15, 0.2) is 48.4 Å². The Morgan fingerprint density at radius 2 is 2.05 bits per heavy atom. The number of carbonyl (C=O) groups excluding carboxylic acids is 1. The van der Waals surface area contributed by atoms with Crippen molar-refractivity contribution in [1.82, 2.24) is 25.3 Å². The third-order valence-corrected chi connectivity index (χ3v) is 3.58. The van der Waals surface area contributed by atoms with Crippen molar-refractivity contribution in [2.24, 2.45) is 0 Å². The van der Waals surface area contributed by atoms with Gasteiger partial charge in [0, 0.05) is 17.3 Å². The Balaban J connectivity index is 1.66. The molecule has 3 aromatic rings. The molecule has 0 aliphatic heterocycles. The number of nitrogens with zero attached hydrogens (tertiary/aromatic N) is 4. The number of carbonyl (C=O) groups is 1. The highest BCUT2D eigenvalue weighted by Crippen LogP contribution is 2.10. The van der Waals surface area contributed by atoms with E-state index in [0.29, 0.717) is 18.2 Å². The van der Waals surface area contributed by atoms with Crippen LogP contribution in [0.25, 0.3) is 0 Å². The monoisotopic (exact) mass is 312 g/mol. The summed E-state index contributed by atoms with van der Waals surface area (Å²) in [5.41, 5.74) is 0. The number of aromatic nitrogens is 4. The van der Waals surface area contributed by atoms with E-state index in [1.54, 1.807) is 29.7 Å². The molecule has 0 saturated heterocycles. The van der Waals surface area contributed by atoms with Gasteiger partial charge < -0.3 is 10.6 Å². The molecule has 0 aromatic carbocycles. The third kappa shape index (κ3) is 3.61. The molecule has 0 aliphatic rings. The molecule has 0 spiro atoms. The standard InChI is InChI=1S/C14H12N6OS/c21-14(17-8-10-2-1-7-22-10)13-16-6-4-12(20-13)19-11-3-5-15-9-18-11/h1-7,9H,8H2,(H,17,21)(H,15,16,18,19,20). The van der Waals surface area contributed by atoms with Crippen LogP contribution in [0.3, 0.4) is 0 Å². The fraction of sp³-hybridized carbons (Fsp3) is 0.0714. The van der Waals surface area contributed by atoms with Gasteiger partial charge in [0.2, 0.25) is 5.82 Å². The Hall–Kier alpha value is -2.87. The maximum absolute atomic E-state index is 12.1. The van der Waals surface area contributed by atoms with E-state index in [1.807, 2.05) is 17.5 Å². The summed E-state index contributed by atoms with van der Waals surface area (Å²) < 4.78 is 0. The first-order chi connectivity index (χ1) is 10.8. The Morgan fingerprint density at radius 3 is 2.82 bits per heavy atom. The zero-order valence-electron chi connectivity index (χ0n) is 11.4. The minimum Gasteiger partial charge on any atom is -0.344 e. The fourth-order valence-electron chi connectivity index (χ4n) is 1.69. The van der Waals surface area contributed by atoms with E-state index in [4.69, 9.17) is 0 Å². The normalized spacial score (nSPS) is 10.2. The summed E-state index contributed by atoms with van der Waals surface area (Å²) in [6, 6.07) is 7.27. The molecule has 8 heteroatoms. The van der Waals surface area contributed by atoms with Crippen LogP contribution in [0.5, 0.6) is 0 Å². The highest BCUT2D eigenvalue weighted by molar-refractivity contribution is 7.09. The quantitative estimate of drug-likeness (QED) is 0.748. The molecule has 0 radical (unpaired) electrons. The van der Waals surface area contributed by atoms with Crippen molar-refractivity contribution in [3.8, 4) is 0 Å². The van der Waals surface area contributed by atoms with Gasteiger partial charge >= 0.3 is 0 Å². The first kappa shape index (κ1) is 14.1. The Bertz CT molecular complexity index is 747. The number of rotatable bonds is 5. The Labute approximate surface area is 130 Å². The summed E-state index contributed by atoms with van der Waals surface area (Å²) >= 11 is 1.58. The minimum absolute atomic E-state index is 0.107. The van der Waals surface area contributed by atoms with E-state index >= 15 is 0 Å². The second-order valence-corrected chi connectivity index (χ2v) is 5.28. The molecule has 2 N–H and O–H groups in total. The van der Waals surface area contributed by atoms with Gasteiger partial charge in [0.05, 0.1) is 6.54 Å². The number of hydrogen-bond donors (Lipinski definition) is 2. The van der Waals surface area contributed by atoms with Gasteiger partial charge in [-0.15, -0.1) is 11.3 Å². The first-order valence-corrected chi connectivity index (χ1v) is 7.36. The number of amides is 1. The maximum Gasteiger partial charge on any atom is 0.289 e. The van der Waals surface area contributed by atoms with Crippen molar-refractivity contribution in [1.29, 1.82) is 0 Å². The predicted molar refractivity (Wildman–Crippen MR) is 82.8 cm³/mol. The zero-order valence-corrected chi connectivity index (χ0v) is 12.2. The van der Waals surface area contributed by atoms with Gasteiger partial charge in [-0.25, -0.2) is 19.9 Å². The van der Waals surface area contributed by atoms with Crippen molar-refractivity contribution >= 4 is 28.9 Å². The van der Waals surface area contributed by atoms with Gasteiger partial charge in [-0.3, -0.25) is 4.79 Å². The molecule has 0 atom stereocenters. The molecule has 1 amide bonds. The second kappa shape index (κ2) is 6.72. The van der Waals surface area contributed by atoms with E-state index in [1.165, 1.54) is 12.5 Å². The van der Waals surface area contributed by atoms with Crippen LogP contribution in [0, 0.1) is 0 Å². The van der Waals surface area contributed by atoms with Gasteiger partial charge in [-0.2, -0.15) is 0 Å². The van der Waals surface area contributed by atoms with Gasteiger partial charge in [-0.05, 0) is 23.6 Å². The van der Waals surface area contributed by atoms with E-state index in [0.717, 1.165) is 4.88 Å². The maximum atomic E-state index is 12.1. The number of hydrogen-bond acceptors (Lipinski definition) is 7. The zero-order chi connectivity index (χ0) is 15.2. The van der Waals surface area contributed by atoms with Crippen LogP contribution in [-0.2, 0) is 6.54 Å². The molecule has 3 heterocycles. The molecule has 3 rings (SSSR count). The van der Waals surface area contributed by atoms with Crippen LogP contribution >= 0.6 is 11.3 Å². The molecule has 0 unspecified atom stereocenters. The molecule has 0 fully saturated rings. The predicted octanol–water partition coefficient (Wildman–Crippen LogP) is 2.00. The van der Waals surface area contributed by atoms with Crippen LogP contribution in [0.2, 0.25) is 0 Å². The molecule has 7 nitrogen and oxygen atoms in total. The van der Waals surface area contributed by atoms with Crippen molar-refractivity contribution in [2.75, 3.05) is 5.32 Å². The third-order valence-electron chi connectivity index (χ3n) is 2.70. The highest BCUT2D eigenvalue weighted by atomic mass is 32.1. The van der Waals surface area contributed by atoms with E-state index in [9.17, 15) is 4.79 Å². The lowest BCUT2D eigenvalue weighted by Crippen LogP contribution is -2.24. The van der Waals surface area contributed by atoms with Crippen LogP contribution in [0.4, 0.5) is 11.6 Å². The fourth-order valence-corrected chi connectivity index (χ4v) is 2.34. The van der Waals surface area contributed by atoms with E-state index in [-0.39, 0.29) is 11.7 Å². The summed E-state index contributed by atoms with van der Waals surface area (Å²) in [6.07, 6.45) is 4.57. The summed E-state index contributed by atoms with van der Waals surface area (Å²) in [5, 5.41) is 7.74. The summed E-state index contributed by atoms with van der Waals surface area (Å²) in [7, 11) is 0. The van der Waals surface area contributed by atoms with Crippen molar-refractivity contribution in [3.05, 3.63) is 59.1 Å². The average molecular weight is 312 g/mol. The Kier molecular flexibility index (Phi) is 4.30. The van der Waals surface area contributed by atoms with Crippen molar-refractivity contribution < 1.29 is 4.79 Å². The number of nitrogens with one attached hydrogen (secondary N) is 2. The van der Waals surface area contributed by atoms with E-state index < -0.39 is 0 Å². The van der Waals surface area contributed by atoms with Gasteiger partial charge in [0.15, 0.2) is 0 Å². The lowest BCUT2D eigenvalue weighted by molar-refractivity contribution is 0.0941. The second-order valence-electron chi connectivity index (χ2n) is 4.25. The summed E-state index contributed by atoms with van der Waals surface area (Å²) in [4.78, 5) is 29.2. The molecule has 110 valence electrons. The van der Waals surface area contributed by atoms with Gasteiger partial charge in [-0.1, -0.05) is 6.07 Å². The summed E-state index contributed by atoms with van der Waals surface area (Å²) in [6.45, 7) is 0.462. The van der Waals surface area contributed by atoms with Crippen LogP contribution < -0.4 is 10.6 Å². The van der Waals surface area contributed by atoms with Crippen molar-refractivity contribution in [2.45, 2.75) is 6.54 Å². The average Bonchev–Trinajstić information content (AvgIpc) is 3.07. The number of anilines is 2. The number of thiophene rings is 1. The molecular formula is C14H12N6OS. The molecule has 0 bridgehead atoms. The van der Waals surface area contributed by atoms with Gasteiger partial charge in [0.1, 0.15) is 18.0 Å². The smallest absolute Gasteiger partial charge is 0.289 e. The molecule has 3 aromatic heterocycles. The summed E-state index contributed by atoms with van der Waals surface area (Å²) in [5.74, 6) is 0.879. The van der Waals surface area contributed by atoms with Crippen LogP contribution in [-0.4, -0.2) is 25.8 Å².